The van der Waals surface area contributed by atoms with Gasteiger partial charge in [0.1, 0.15) is 5.75 Å². The number of rotatable bonds is 8. The second-order valence-corrected chi connectivity index (χ2v) is 7.51. The molecule has 4 aromatic rings. The molecule has 1 heterocycles. The minimum absolute atomic E-state index is 0.113. The molecule has 2 N–H and O–H groups in total. The number of anilines is 2. The largest absolute Gasteiger partial charge is 0.497 e. The fraction of sp³-hybridized carbons (Fsp3) is 0.148. The molecule has 0 fully saturated rings. The summed E-state index contributed by atoms with van der Waals surface area (Å²) >= 11 is 0. The molecule has 0 aliphatic rings. The summed E-state index contributed by atoms with van der Waals surface area (Å²) in [6.07, 6.45) is 0.979. The first-order valence-corrected chi connectivity index (χ1v) is 10.9. The van der Waals surface area contributed by atoms with Crippen LogP contribution in [0.2, 0.25) is 0 Å². The van der Waals surface area contributed by atoms with Gasteiger partial charge in [0, 0.05) is 16.8 Å². The molecule has 4 rings (SSSR count). The second kappa shape index (κ2) is 10.4. The van der Waals surface area contributed by atoms with Crippen molar-refractivity contribution >= 4 is 17.5 Å². The first kappa shape index (κ1) is 22.0. The van der Waals surface area contributed by atoms with Crippen LogP contribution in [0.5, 0.6) is 5.75 Å². The molecule has 0 saturated heterocycles. The van der Waals surface area contributed by atoms with E-state index in [0.717, 1.165) is 34.7 Å². The molecule has 1 aromatic heterocycles. The van der Waals surface area contributed by atoms with Crippen LogP contribution in [0.25, 0.3) is 22.5 Å². The predicted octanol–water partition coefficient (Wildman–Crippen LogP) is 5.43. The maximum Gasteiger partial charge on any atom is 0.246 e. The first-order valence-electron chi connectivity index (χ1n) is 10.9. The Morgan fingerprint density at radius 1 is 0.848 bits per heavy atom. The summed E-state index contributed by atoms with van der Waals surface area (Å²) in [7, 11) is 1.63. The molecule has 0 radical (unpaired) electrons. The highest BCUT2D eigenvalue weighted by atomic mass is 16.5. The van der Waals surface area contributed by atoms with Gasteiger partial charge in [0.05, 0.1) is 25.0 Å². The number of hydrogen-bond donors (Lipinski definition) is 2. The van der Waals surface area contributed by atoms with Gasteiger partial charge in [-0.05, 0) is 54.4 Å². The first-order chi connectivity index (χ1) is 16.1. The molecule has 3 aromatic carbocycles. The summed E-state index contributed by atoms with van der Waals surface area (Å²) in [6.45, 7) is 2.22. The van der Waals surface area contributed by atoms with Crippen LogP contribution in [-0.2, 0) is 11.2 Å². The van der Waals surface area contributed by atoms with E-state index in [2.05, 4.69) is 27.5 Å². The van der Waals surface area contributed by atoms with Gasteiger partial charge in [0.2, 0.25) is 11.9 Å². The van der Waals surface area contributed by atoms with Gasteiger partial charge in [-0.15, -0.1) is 0 Å². The molecule has 0 bridgehead atoms. The van der Waals surface area contributed by atoms with Crippen molar-refractivity contribution in [2.45, 2.75) is 13.3 Å². The Kier molecular flexibility index (Phi) is 6.95. The van der Waals surface area contributed by atoms with Crippen molar-refractivity contribution in [2.75, 3.05) is 24.3 Å². The molecule has 0 aliphatic heterocycles. The van der Waals surface area contributed by atoms with E-state index in [-0.39, 0.29) is 18.4 Å². The van der Waals surface area contributed by atoms with Crippen molar-refractivity contribution < 1.29 is 9.53 Å². The molecule has 0 unspecified atom stereocenters. The van der Waals surface area contributed by atoms with Crippen LogP contribution in [0.15, 0.2) is 84.9 Å². The lowest BCUT2D eigenvalue weighted by Gasteiger charge is -2.11. The maximum absolute atomic E-state index is 12.6. The van der Waals surface area contributed by atoms with Crippen LogP contribution >= 0.6 is 0 Å². The fourth-order valence-corrected chi connectivity index (χ4v) is 3.38. The van der Waals surface area contributed by atoms with E-state index in [1.54, 1.807) is 7.11 Å². The van der Waals surface area contributed by atoms with Crippen LogP contribution in [0.1, 0.15) is 12.5 Å². The lowest BCUT2D eigenvalue weighted by molar-refractivity contribution is -0.114. The third-order valence-corrected chi connectivity index (χ3v) is 5.25. The number of nitrogens with one attached hydrogen (secondary N) is 2. The summed E-state index contributed by atoms with van der Waals surface area (Å²) in [5.74, 6) is 0.804. The van der Waals surface area contributed by atoms with Gasteiger partial charge in [0.25, 0.3) is 0 Å². The highest BCUT2D eigenvalue weighted by Gasteiger charge is 2.11. The topological polar surface area (TPSA) is 76.1 Å². The molecule has 6 heteroatoms. The Hall–Kier alpha value is -4.19. The van der Waals surface area contributed by atoms with Crippen molar-refractivity contribution in [2.24, 2.45) is 0 Å². The number of methoxy groups -OCH3 is 1. The molecule has 6 nitrogen and oxygen atoms in total. The van der Waals surface area contributed by atoms with Crippen molar-refractivity contribution in [1.82, 2.24) is 9.97 Å². The highest BCUT2D eigenvalue weighted by Crippen LogP contribution is 2.26. The summed E-state index contributed by atoms with van der Waals surface area (Å²) in [6, 6.07) is 27.4. The average molecular weight is 439 g/mol. The smallest absolute Gasteiger partial charge is 0.246 e. The van der Waals surface area contributed by atoms with Gasteiger partial charge in [0.15, 0.2) is 0 Å². The Balaban J connectivity index is 1.55. The number of hydrogen-bond acceptors (Lipinski definition) is 5. The molecule has 0 aliphatic carbocycles. The second-order valence-electron chi connectivity index (χ2n) is 7.51. The van der Waals surface area contributed by atoms with Crippen molar-refractivity contribution in [3.05, 3.63) is 90.5 Å². The quantitative estimate of drug-likeness (QED) is 0.383. The number of ether oxygens (including phenoxy) is 1. The lowest BCUT2D eigenvalue weighted by atomic mass is 10.1. The minimum Gasteiger partial charge on any atom is -0.497 e. The molecular weight excluding hydrogens is 412 g/mol. The molecule has 166 valence electrons. The summed E-state index contributed by atoms with van der Waals surface area (Å²) < 4.78 is 5.25. The van der Waals surface area contributed by atoms with Gasteiger partial charge >= 0.3 is 0 Å². The van der Waals surface area contributed by atoms with Gasteiger partial charge in [-0.1, -0.05) is 49.4 Å². The van der Waals surface area contributed by atoms with Crippen molar-refractivity contribution in [3.8, 4) is 28.3 Å². The fourth-order valence-electron chi connectivity index (χ4n) is 3.38. The van der Waals surface area contributed by atoms with Gasteiger partial charge < -0.3 is 10.1 Å². The molecule has 0 atom stereocenters. The Bertz CT molecular complexity index is 1210. The van der Waals surface area contributed by atoms with E-state index in [4.69, 9.17) is 4.74 Å². The molecule has 0 spiro atoms. The number of benzene rings is 3. The number of amides is 1. The van der Waals surface area contributed by atoms with E-state index in [9.17, 15) is 4.79 Å². The molecule has 0 saturated carbocycles. The van der Waals surface area contributed by atoms with Crippen LogP contribution in [0, 0.1) is 0 Å². The van der Waals surface area contributed by atoms with E-state index < -0.39 is 0 Å². The maximum atomic E-state index is 12.6. The van der Waals surface area contributed by atoms with Gasteiger partial charge in [-0.2, -0.15) is 0 Å². The third-order valence-electron chi connectivity index (χ3n) is 5.25. The van der Waals surface area contributed by atoms with E-state index in [1.807, 2.05) is 84.9 Å². The summed E-state index contributed by atoms with van der Waals surface area (Å²) in [4.78, 5) is 21.8. The normalized spacial score (nSPS) is 10.5. The third kappa shape index (κ3) is 5.74. The molecule has 1 amide bonds. The van der Waals surface area contributed by atoms with Crippen LogP contribution < -0.4 is 15.4 Å². The van der Waals surface area contributed by atoms with Gasteiger partial charge in [-0.25, -0.2) is 9.97 Å². The predicted molar refractivity (Wildman–Crippen MR) is 132 cm³/mol. The van der Waals surface area contributed by atoms with E-state index >= 15 is 0 Å². The van der Waals surface area contributed by atoms with Crippen LogP contribution in [-0.4, -0.2) is 29.5 Å². The van der Waals surface area contributed by atoms with Crippen molar-refractivity contribution in [1.29, 1.82) is 0 Å². The zero-order valence-corrected chi connectivity index (χ0v) is 18.7. The Morgan fingerprint density at radius 3 is 2.09 bits per heavy atom. The zero-order valence-electron chi connectivity index (χ0n) is 18.7. The zero-order chi connectivity index (χ0) is 23.0. The number of carbonyl (C=O) groups excluding carboxylic acids is 1. The summed E-state index contributed by atoms with van der Waals surface area (Å²) in [5.41, 5.74) is 5.43. The number of aryl methyl sites for hydroxylation is 1. The standard InChI is InChI=1S/C27H26N4O2/c1-3-19-9-13-22(14-10-19)28-18-26(32)31-27-29-24(20-7-5-4-6-8-20)17-25(30-27)21-11-15-23(33-2)16-12-21/h4-17,28H,3,18H2,1-2H3,(H,29,30,31,32). The Morgan fingerprint density at radius 2 is 1.48 bits per heavy atom. The SMILES string of the molecule is CCc1ccc(NCC(=O)Nc2nc(-c3ccccc3)cc(-c3ccc(OC)cc3)n2)cc1. The highest BCUT2D eigenvalue weighted by molar-refractivity contribution is 5.92. The van der Waals surface area contributed by atoms with Crippen molar-refractivity contribution in [3.63, 3.8) is 0 Å². The van der Waals surface area contributed by atoms with Crippen LogP contribution in [0.3, 0.4) is 0 Å². The Labute approximate surface area is 193 Å². The monoisotopic (exact) mass is 438 g/mol. The molecule has 33 heavy (non-hydrogen) atoms. The van der Waals surface area contributed by atoms with E-state index in [1.165, 1.54) is 5.56 Å². The lowest BCUT2D eigenvalue weighted by Crippen LogP contribution is -2.23. The van der Waals surface area contributed by atoms with E-state index in [0.29, 0.717) is 5.69 Å². The minimum atomic E-state index is -0.222. The number of nitrogens with zero attached hydrogens (tertiary/aromatic N) is 2. The summed E-state index contributed by atoms with van der Waals surface area (Å²) in [5, 5.41) is 5.97. The molecular formula is C27H26N4O2. The number of carbonyl (C=O) groups is 1. The van der Waals surface area contributed by atoms with Crippen LogP contribution in [0.4, 0.5) is 11.6 Å². The number of aromatic nitrogens is 2. The van der Waals surface area contributed by atoms with Gasteiger partial charge in [-0.3, -0.25) is 10.1 Å². The average Bonchev–Trinajstić information content (AvgIpc) is 2.88.